The van der Waals surface area contributed by atoms with E-state index in [0.29, 0.717) is 22.6 Å². The third-order valence-corrected chi connectivity index (χ3v) is 6.16. The summed E-state index contributed by atoms with van der Waals surface area (Å²) in [4.78, 5) is 11.6. The fraction of sp³-hybridized carbons (Fsp3) is 0.125. The zero-order valence-corrected chi connectivity index (χ0v) is 19.6. The Morgan fingerprint density at radius 1 is 1.03 bits per heavy atom. The van der Waals surface area contributed by atoms with E-state index < -0.39 is 24.3 Å². The molecule has 0 saturated heterocycles. The van der Waals surface area contributed by atoms with Crippen molar-refractivity contribution < 1.29 is 27.8 Å². The Bertz CT molecular complexity index is 1110. The molecule has 3 aromatic rings. The molecular formula is C24H18F3IO3S. The number of carbonyl (C=O) groups is 1. The molecule has 32 heavy (non-hydrogen) atoms. The zero-order valence-electron chi connectivity index (χ0n) is 16.6. The zero-order chi connectivity index (χ0) is 23.1. The van der Waals surface area contributed by atoms with Gasteiger partial charge in [-0.05, 0) is 63.6 Å². The number of halogens is 4. The van der Waals surface area contributed by atoms with Crippen LogP contribution in [0.2, 0.25) is 0 Å². The van der Waals surface area contributed by atoms with E-state index in [0.717, 1.165) is 14.5 Å². The van der Waals surface area contributed by atoms with Crippen molar-refractivity contribution in [3.63, 3.8) is 0 Å². The maximum atomic E-state index is 13.6. The van der Waals surface area contributed by atoms with Gasteiger partial charge in [-0.2, -0.15) is 13.2 Å². The first kappa shape index (κ1) is 24.2. The molecule has 1 N–H and O–H groups in total. The quantitative estimate of drug-likeness (QED) is 0.234. The van der Waals surface area contributed by atoms with Crippen LogP contribution in [0, 0.1) is 3.57 Å². The maximum absolute atomic E-state index is 13.6. The molecule has 8 heteroatoms. The molecule has 166 valence electrons. The number of hydrogen-bond donors (Lipinski definition) is 1. The molecule has 0 spiro atoms. The predicted octanol–water partition coefficient (Wildman–Crippen LogP) is 7.00. The van der Waals surface area contributed by atoms with Crippen LogP contribution in [0.25, 0.3) is 5.57 Å². The average molecular weight is 570 g/mol. The lowest BCUT2D eigenvalue weighted by atomic mass is 9.93. The smallest absolute Gasteiger partial charge is 0.417 e. The number of thioether (sulfide) groups is 1. The minimum Gasteiger partial charge on any atom is -0.481 e. The van der Waals surface area contributed by atoms with Crippen molar-refractivity contribution in [1.29, 1.82) is 0 Å². The number of carboxylic acid groups (broad SMARTS) is 1. The first-order chi connectivity index (χ1) is 15.3. The standard InChI is InChI=1S/C24H18F3IO3S/c25-24(26,27)20-9-5-4-8-19(20)18(16-6-2-1-3-7-16)12-13-32-17-10-11-22(21(28)14-17)31-15-23(29)30/h1-12,14H,13,15H2,(H,29,30). The van der Waals surface area contributed by atoms with Crippen LogP contribution < -0.4 is 4.74 Å². The minimum atomic E-state index is -4.46. The highest BCUT2D eigenvalue weighted by Gasteiger charge is 2.33. The van der Waals surface area contributed by atoms with Crippen LogP contribution >= 0.6 is 34.4 Å². The number of aliphatic carboxylic acids is 1. The van der Waals surface area contributed by atoms with E-state index in [1.807, 2.05) is 12.1 Å². The van der Waals surface area contributed by atoms with Gasteiger partial charge in [-0.3, -0.25) is 0 Å². The molecule has 3 nitrogen and oxygen atoms in total. The summed E-state index contributed by atoms with van der Waals surface area (Å²) in [6.07, 6.45) is -2.66. The molecule has 0 aromatic heterocycles. The van der Waals surface area contributed by atoms with Gasteiger partial charge in [0.15, 0.2) is 6.61 Å². The summed E-state index contributed by atoms with van der Waals surface area (Å²) in [5.41, 5.74) is 0.687. The summed E-state index contributed by atoms with van der Waals surface area (Å²) < 4.78 is 46.8. The van der Waals surface area contributed by atoms with Crippen LogP contribution in [0.5, 0.6) is 5.75 Å². The Hall–Kier alpha value is -2.46. The highest BCUT2D eigenvalue weighted by atomic mass is 127. The van der Waals surface area contributed by atoms with Crippen molar-refractivity contribution in [2.24, 2.45) is 0 Å². The lowest BCUT2D eigenvalue weighted by Crippen LogP contribution is -2.10. The molecule has 0 fully saturated rings. The van der Waals surface area contributed by atoms with E-state index in [4.69, 9.17) is 9.84 Å². The fourth-order valence-electron chi connectivity index (χ4n) is 3.02. The van der Waals surface area contributed by atoms with Crippen molar-refractivity contribution in [3.8, 4) is 5.75 Å². The fourth-order valence-corrected chi connectivity index (χ4v) is 4.71. The molecule has 0 bridgehead atoms. The van der Waals surface area contributed by atoms with Crippen LogP contribution in [0.15, 0.2) is 83.8 Å². The number of ether oxygens (including phenoxy) is 1. The highest BCUT2D eigenvalue weighted by Crippen LogP contribution is 2.37. The van der Waals surface area contributed by atoms with E-state index in [9.17, 15) is 18.0 Å². The normalized spacial score (nSPS) is 11.9. The molecule has 0 aliphatic rings. The van der Waals surface area contributed by atoms with Gasteiger partial charge in [-0.25, -0.2) is 4.79 Å². The molecule has 0 atom stereocenters. The van der Waals surface area contributed by atoms with Gasteiger partial charge in [0.25, 0.3) is 0 Å². The summed E-state index contributed by atoms with van der Waals surface area (Å²) in [6, 6.07) is 19.9. The second-order valence-electron chi connectivity index (χ2n) is 6.61. The van der Waals surface area contributed by atoms with Gasteiger partial charge < -0.3 is 9.84 Å². The average Bonchev–Trinajstić information content (AvgIpc) is 2.76. The van der Waals surface area contributed by atoms with E-state index in [1.54, 1.807) is 48.5 Å². The molecule has 0 aliphatic carbocycles. The summed E-state index contributed by atoms with van der Waals surface area (Å²) >= 11 is 3.52. The van der Waals surface area contributed by atoms with Crippen LogP contribution in [-0.2, 0) is 11.0 Å². The first-order valence-electron chi connectivity index (χ1n) is 9.45. The van der Waals surface area contributed by atoms with Crippen LogP contribution in [0.4, 0.5) is 13.2 Å². The van der Waals surface area contributed by atoms with E-state index >= 15 is 0 Å². The monoisotopic (exact) mass is 570 g/mol. The largest absolute Gasteiger partial charge is 0.481 e. The molecule has 0 aliphatic heterocycles. The van der Waals surface area contributed by atoms with Crippen LogP contribution in [0.1, 0.15) is 16.7 Å². The van der Waals surface area contributed by atoms with Gasteiger partial charge in [0.2, 0.25) is 0 Å². The third-order valence-electron chi connectivity index (χ3n) is 4.40. The lowest BCUT2D eigenvalue weighted by Gasteiger charge is -2.16. The van der Waals surface area contributed by atoms with E-state index in [-0.39, 0.29) is 5.56 Å². The molecule has 0 amide bonds. The van der Waals surface area contributed by atoms with Gasteiger partial charge >= 0.3 is 12.1 Å². The second kappa shape index (κ2) is 10.9. The summed E-state index contributed by atoms with van der Waals surface area (Å²) in [5, 5.41) is 8.74. The highest BCUT2D eigenvalue weighted by molar-refractivity contribution is 14.1. The van der Waals surface area contributed by atoms with Gasteiger partial charge in [-0.15, -0.1) is 11.8 Å². The minimum absolute atomic E-state index is 0.138. The van der Waals surface area contributed by atoms with Crippen molar-refractivity contribution >= 4 is 45.9 Å². The molecular weight excluding hydrogens is 552 g/mol. The number of rotatable bonds is 8. The molecule has 0 unspecified atom stereocenters. The first-order valence-corrected chi connectivity index (χ1v) is 11.5. The molecule has 0 saturated carbocycles. The molecule has 0 heterocycles. The predicted molar refractivity (Wildman–Crippen MR) is 128 cm³/mol. The summed E-state index contributed by atoms with van der Waals surface area (Å²) in [7, 11) is 0. The number of hydrogen-bond acceptors (Lipinski definition) is 3. The third kappa shape index (κ3) is 6.52. The van der Waals surface area contributed by atoms with Gasteiger partial charge in [-0.1, -0.05) is 54.6 Å². The van der Waals surface area contributed by atoms with E-state index in [2.05, 4.69) is 22.6 Å². The number of alkyl halides is 3. The Kier molecular flexibility index (Phi) is 8.25. The summed E-state index contributed by atoms with van der Waals surface area (Å²) in [6.45, 7) is -0.426. The summed E-state index contributed by atoms with van der Waals surface area (Å²) in [5.74, 6) is -0.143. The van der Waals surface area contributed by atoms with Crippen molar-refractivity contribution in [3.05, 3.63) is 99.1 Å². The Labute approximate surface area is 201 Å². The Morgan fingerprint density at radius 3 is 2.38 bits per heavy atom. The Balaban J connectivity index is 1.86. The molecule has 3 rings (SSSR count). The lowest BCUT2D eigenvalue weighted by molar-refractivity contribution is -0.139. The topological polar surface area (TPSA) is 46.5 Å². The SMILES string of the molecule is O=C(O)COc1ccc(SCC=C(c2ccccc2)c2ccccc2C(F)(F)F)cc1I. The maximum Gasteiger partial charge on any atom is 0.417 e. The second-order valence-corrected chi connectivity index (χ2v) is 8.87. The van der Waals surface area contributed by atoms with Crippen LogP contribution in [-0.4, -0.2) is 23.4 Å². The van der Waals surface area contributed by atoms with Gasteiger partial charge in [0.05, 0.1) is 9.13 Å². The van der Waals surface area contributed by atoms with Crippen molar-refractivity contribution in [2.45, 2.75) is 11.1 Å². The van der Waals surface area contributed by atoms with Crippen molar-refractivity contribution in [2.75, 3.05) is 12.4 Å². The molecule has 0 radical (unpaired) electrons. The van der Waals surface area contributed by atoms with Crippen molar-refractivity contribution in [1.82, 2.24) is 0 Å². The van der Waals surface area contributed by atoms with Gasteiger partial charge in [0.1, 0.15) is 5.75 Å². The number of benzene rings is 3. The Morgan fingerprint density at radius 2 is 1.72 bits per heavy atom. The van der Waals surface area contributed by atoms with Gasteiger partial charge in [0, 0.05) is 10.6 Å². The van der Waals surface area contributed by atoms with Crippen LogP contribution in [0.3, 0.4) is 0 Å². The van der Waals surface area contributed by atoms with E-state index in [1.165, 1.54) is 23.9 Å². The number of carboxylic acids is 1. The molecule has 3 aromatic carbocycles.